The summed E-state index contributed by atoms with van der Waals surface area (Å²) in [6.07, 6.45) is 4.28. The van der Waals surface area contributed by atoms with Gasteiger partial charge in [0.15, 0.2) is 0 Å². The Bertz CT molecular complexity index is 233. The maximum Gasteiger partial charge on any atom is 0.310 e. The lowest BCUT2D eigenvalue weighted by Gasteiger charge is -2.28. The molecule has 3 atom stereocenters. The van der Waals surface area contributed by atoms with E-state index < -0.39 is 0 Å². The summed E-state index contributed by atoms with van der Waals surface area (Å²) >= 11 is 0. The minimum atomic E-state index is -0.0901. The molecule has 0 spiro atoms. The summed E-state index contributed by atoms with van der Waals surface area (Å²) in [5.41, 5.74) is 0. The summed E-state index contributed by atoms with van der Waals surface area (Å²) in [4.78, 5) is 11.8. The highest BCUT2D eigenvalue weighted by Crippen LogP contribution is 2.23. The van der Waals surface area contributed by atoms with Crippen LogP contribution in [0.3, 0.4) is 0 Å². The number of nitrogens with one attached hydrogen (secondary N) is 1. The smallest absolute Gasteiger partial charge is 0.310 e. The van der Waals surface area contributed by atoms with Crippen LogP contribution >= 0.6 is 0 Å². The van der Waals surface area contributed by atoms with Crippen LogP contribution in [0.4, 0.5) is 0 Å². The topological polar surface area (TPSA) is 47.6 Å². The Morgan fingerprint density at radius 3 is 2.76 bits per heavy atom. The zero-order valence-electron chi connectivity index (χ0n) is 11.2. The van der Waals surface area contributed by atoms with Gasteiger partial charge in [-0.2, -0.15) is 0 Å². The van der Waals surface area contributed by atoms with Gasteiger partial charge in [0.2, 0.25) is 0 Å². The highest BCUT2D eigenvalue weighted by Gasteiger charge is 2.26. The third-order valence-corrected chi connectivity index (χ3v) is 3.30. The largest absolute Gasteiger partial charge is 0.462 e. The molecule has 1 aliphatic rings. The molecule has 3 unspecified atom stereocenters. The second kappa shape index (κ2) is 7.67. The van der Waals surface area contributed by atoms with Crippen molar-refractivity contribution in [1.29, 1.82) is 0 Å². The lowest BCUT2D eigenvalue weighted by atomic mass is 9.95. The summed E-state index contributed by atoms with van der Waals surface area (Å²) in [6.45, 7) is 5.51. The Morgan fingerprint density at radius 2 is 2.12 bits per heavy atom. The summed E-state index contributed by atoms with van der Waals surface area (Å²) < 4.78 is 10.8. The molecule has 1 rings (SSSR count). The van der Waals surface area contributed by atoms with E-state index in [1.54, 1.807) is 7.11 Å². The molecule has 1 fully saturated rings. The average molecular weight is 243 g/mol. The number of hydrogen-bond acceptors (Lipinski definition) is 4. The van der Waals surface area contributed by atoms with Crippen LogP contribution in [0.2, 0.25) is 0 Å². The van der Waals surface area contributed by atoms with Crippen molar-refractivity contribution in [2.24, 2.45) is 5.92 Å². The number of ether oxygens (including phenoxy) is 2. The van der Waals surface area contributed by atoms with Gasteiger partial charge in [0.25, 0.3) is 0 Å². The number of rotatable bonds is 6. The molecule has 17 heavy (non-hydrogen) atoms. The molecule has 1 aliphatic carbocycles. The molecule has 4 heteroatoms. The maximum absolute atomic E-state index is 11.8. The monoisotopic (exact) mass is 243 g/mol. The first-order chi connectivity index (χ1) is 8.17. The molecule has 0 amide bonds. The lowest BCUT2D eigenvalue weighted by Crippen LogP contribution is -2.34. The molecule has 0 aromatic heterocycles. The van der Waals surface area contributed by atoms with Crippen LogP contribution in [0.5, 0.6) is 0 Å². The number of methoxy groups -OCH3 is 1. The summed E-state index contributed by atoms with van der Waals surface area (Å²) in [6, 6.07) is 0. The molecule has 4 nitrogen and oxygen atoms in total. The van der Waals surface area contributed by atoms with Crippen molar-refractivity contribution >= 4 is 5.97 Å². The summed E-state index contributed by atoms with van der Waals surface area (Å²) in [5, 5.41) is 3.16. The highest BCUT2D eigenvalue weighted by molar-refractivity contribution is 5.72. The van der Waals surface area contributed by atoms with E-state index in [9.17, 15) is 4.79 Å². The standard InChI is InChI=1S/C13H25NO3/c1-4-14-9-10(2)13(15)17-12-7-5-6-11(8-12)16-3/h10-12,14H,4-9H2,1-3H3. The molecule has 0 aliphatic heterocycles. The molecule has 100 valence electrons. The molecular weight excluding hydrogens is 218 g/mol. The Morgan fingerprint density at radius 1 is 1.41 bits per heavy atom. The number of esters is 1. The molecule has 0 aromatic carbocycles. The van der Waals surface area contributed by atoms with Crippen molar-refractivity contribution in [3.05, 3.63) is 0 Å². The van der Waals surface area contributed by atoms with E-state index in [4.69, 9.17) is 9.47 Å². The third-order valence-electron chi connectivity index (χ3n) is 3.30. The van der Waals surface area contributed by atoms with Gasteiger partial charge in [0, 0.05) is 20.1 Å². The SMILES string of the molecule is CCNCC(C)C(=O)OC1CCCC(OC)C1. The second-order valence-corrected chi connectivity index (χ2v) is 4.79. The molecular formula is C13H25NO3. The van der Waals surface area contributed by atoms with Crippen molar-refractivity contribution in [3.8, 4) is 0 Å². The van der Waals surface area contributed by atoms with Gasteiger partial charge in [-0.3, -0.25) is 4.79 Å². The summed E-state index contributed by atoms with van der Waals surface area (Å²) in [5.74, 6) is -0.162. The Hall–Kier alpha value is -0.610. The van der Waals surface area contributed by atoms with E-state index in [0.29, 0.717) is 6.54 Å². The molecule has 0 bridgehead atoms. The first kappa shape index (κ1) is 14.5. The quantitative estimate of drug-likeness (QED) is 0.722. The second-order valence-electron chi connectivity index (χ2n) is 4.79. The van der Waals surface area contributed by atoms with Gasteiger partial charge in [-0.1, -0.05) is 13.8 Å². The zero-order chi connectivity index (χ0) is 12.7. The maximum atomic E-state index is 11.8. The molecule has 0 saturated heterocycles. The van der Waals surface area contributed by atoms with E-state index >= 15 is 0 Å². The third kappa shape index (κ3) is 5.04. The van der Waals surface area contributed by atoms with E-state index in [2.05, 4.69) is 5.32 Å². The molecule has 1 saturated carbocycles. The van der Waals surface area contributed by atoms with Crippen LogP contribution in [0.15, 0.2) is 0 Å². The Kier molecular flexibility index (Phi) is 6.52. The predicted molar refractivity (Wildman–Crippen MR) is 66.9 cm³/mol. The number of carbonyl (C=O) groups is 1. The van der Waals surface area contributed by atoms with Crippen LogP contribution < -0.4 is 5.32 Å². The fourth-order valence-electron chi connectivity index (χ4n) is 2.15. The van der Waals surface area contributed by atoms with Crippen molar-refractivity contribution < 1.29 is 14.3 Å². The van der Waals surface area contributed by atoms with Crippen LogP contribution in [-0.4, -0.2) is 38.4 Å². The van der Waals surface area contributed by atoms with Crippen LogP contribution in [0, 0.1) is 5.92 Å². The Labute approximate surface area is 104 Å². The van der Waals surface area contributed by atoms with Crippen molar-refractivity contribution in [1.82, 2.24) is 5.32 Å². The van der Waals surface area contributed by atoms with Crippen molar-refractivity contribution in [2.75, 3.05) is 20.2 Å². The van der Waals surface area contributed by atoms with Crippen molar-refractivity contribution in [3.63, 3.8) is 0 Å². The molecule has 0 aromatic rings. The minimum Gasteiger partial charge on any atom is -0.462 e. The number of carbonyl (C=O) groups excluding carboxylic acids is 1. The number of hydrogen-bond donors (Lipinski definition) is 1. The van der Waals surface area contributed by atoms with Gasteiger partial charge >= 0.3 is 5.97 Å². The lowest BCUT2D eigenvalue weighted by molar-refractivity contribution is -0.156. The molecule has 0 radical (unpaired) electrons. The van der Waals surface area contributed by atoms with Gasteiger partial charge in [-0.15, -0.1) is 0 Å². The highest BCUT2D eigenvalue weighted by atomic mass is 16.5. The van der Waals surface area contributed by atoms with Crippen molar-refractivity contribution in [2.45, 2.75) is 51.7 Å². The van der Waals surface area contributed by atoms with Gasteiger partial charge in [-0.05, 0) is 25.8 Å². The van der Waals surface area contributed by atoms with E-state index in [0.717, 1.165) is 32.2 Å². The van der Waals surface area contributed by atoms with Crippen LogP contribution in [0.25, 0.3) is 0 Å². The van der Waals surface area contributed by atoms with E-state index in [-0.39, 0.29) is 24.1 Å². The fraction of sp³-hybridized carbons (Fsp3) is 0.923. The predicted octanol–water partition coefficient (Wildman–Crippen LogP) is 1.73. The van der Waals surface area contributed by atoms with Crippen LogP contribution in [-0.2, 0) is 14.3 Å². The van der Waals surface area contributed by atoms with Gasteiger partial charge in [-0.25, -0.2) is 0 Å². The Balaban J connectivity index is 2.29. The van der Waals surface area contributed by atoms with Crippen LogP contribution in [0.1, 0.15) is 39.5 Å². The normalized spacial score (nSPS) is 26.5. The molecule has 0 heterocycles. The van der Waals surface area contributed by atoms with E-state index in [1.807, 2.05) is 13.8 Å². The first-order valence-corrected chi connectivity index (χ1v) is 6.61. The van der Waals surface area contributed by atoms with Gasteiger partial charge < -0.3 is 14.8 Å². The summed E-state index contributed by atoms with van der Waals surface area (Å²) in [7, 11) is 1.72. The average Bonchev–Trinajstić information content (AvgIpc) is 2.36. The zero-order valence-corrected chi connectivity index (χ0v) is 11.2. The molecule has 1 N–H and O–H groups in total. The first-order valence-electron chi connectivity index (χ1n) is 6.61. The van der Waals surface area contributed by atoms with E-state index in [1.165, 1.54) is 0 Å². The van der Waals surface area contributed by atoms with Gasteiger partial charge in [0.05, 0.1) is 12.0 Å². The van der Waals surface area contributed by atoms with Gasteiger partial charge in [0.1, 0.15) is 6.10 Å². The fourth-order valence-corrected chi connectivity index (χ4v) is 2.15. The minimum absolute atomic E-state index is 0.0466.